The van der Waals surface area contributed by atoms with Crippen molar-refractivity contribution < 1.29 is 14.3 Å². The van der Waals surface area contributed by atoms with Gasteiger partial charge in [0.05, 0.1) is 13.2 Å². The molecule has 2 amide bonds. The van der Waals surface area contributed by atoms with Crippen LogP contribution in [0.3, 0.4) is 0 Å². The molecule has 6 nitrogen and oxygen atoms in total. The molecule has 3 aromatic rings. The SMILES string of the molecule is CC(C)COc1ccc(NCC(=O)Nc2cccc(NC(=O)CCc3ccccc3)c2)cc1. The third-order valence-electron chi connectivity index (χ3n) is 4.80. The number of benzene rings is 3. The molecule has 0 saturated carbocycles. The van der Waals surface area contributed by atoms with Crippen molar-refractivity contribution in [3.05, 3.63) is 84.4 Å². The van der Waals surface area contributed by atoms with Crippen LogP contribution in [0.5, 0.6) is 5.75 Å². The standard InChI is InChI=1S/C27H31N3O3/c1-20(2)19-33-25-14-12-22(13-15-25)28-18-27(32)30-24-10-6-9-23(17-24)29-26(31)16-11-21-7-4-3-5-8-21/h3-10,12-15,17,20,28H,11,16,18-19H2,1-2H3,(H,29,31)(H,30,32). The first kappa shape index (κ1) is 23.9. The van der Waals surface area contributed by atoms with Crippen LogP contribution in [0.1, 0.15) is 25.8 Å². The summed E-state index contributed by atoms with van der Waals surface area (Å²) in [6, 6.07) is 24.6. The van der Waals surface area contributed by atoms with Crippen LogP contribution in [-0.4, -0.2) is 25.0 Å². The summed E-state index contributed by atoms with van der Waals surface area (Å²) in [4.78, 5) is 24.6. The molecule has 0 aliphatic rings. The normalized spacial score (nSPS) is 10.5. The van der Waals surface area contributed by atoms with E-state index in [1.165, 1.54) is 0 Å². The summed E-state index contributed by atoms with van der Waals surface area (Å²) in [5.41, 5.74) is 3.23. The van der Waals surface area contributed by atoms with Crippen molar-refractivity contribution in [2.24, 2.45) is 5.92 Å². The van der Waals surface area contributed by atoms with E-state index in [-0.39, 0.29) is 18.4 Å². The molecule has 0 aliphatic heterocycles. The fraction of sp³-hybridized carbons (Fsp3) is 0.259. The number of aryl methyl sites for hydroxylation is 1. The van der Waals surface area contributed by atoms with Gasteiger partial charge in [0, 0.05) is 23.5 Å². The van der Waals surface area contributed by atoms with E-state index in [1.807, 2.05) is 54.6 Å². The number of amides is 2. The molecule has 0 atom stereocenters. The average molecular weight is 446 g/mol. The Morgan fingerprint density at radius 2 is 1.45 bits per heavy atom. The number of hydrogen-bond acceptors (Lipinski definition) is 4. The molecule has 0 heterocycles. The van der Waals surface area contributed by atoms with Gasteiger partial charge in [-0.15, -0.1) is 0 Å². The molecule has 172 valence electrons. The quantitative estimate of drug-likeness (QED) is 0.372. The first-order valence-corrected chi connectivity index (χ1v) is 11.2. The highest BCUT2D eigenvalue weighted by molar-refractivity contribution is 5.95. The highest BCUT2D eigenvalue weighted by Crippen LogP contribution is 2.18. The Labute approximate surface area is 195 Å². The lowest BCUT2D eigenvalue weighted by Crippen LogP contribution is -2.21. The molecule has 0 aliphatic carbocycles. The molecule has 0 spiro atoms. The maximum absolute atomic E-state index is 12.3. The van der Waals surface area contributed by atoms with Crippen LogP contribution in [0.15, 0.2) is 78.9 Å². The van der Waals surface area contributed by atoms with E-state index in [0.29, 0.717) is 36.7 Å². The van der Waals surface area contributed by atoms with E-state index in [0.717, 1.165) is 17.0 Å². The van der Waals surface area contributed by atoms with Gasteiger partial charge in [-0.25, -0.2) is 0 Å². The number of carbonyl (C=O) groups excluding carboxylic acids is 2. The van der Waals surface area contributed by atoms with E-state index >= 15 is 0 Å². The highest BCUT2D eigenvalue weighted by Gasteiger charge is 2.07. The van der Waals surface area contributed by atoms with Crippen molar-refractivity contribution in [3.63, 3.8) is 0 Å². The van der Waals surface area contributed by atoms with Gasteiger partial charge in [0.1, 0.15) is 5.75 Å². The second kappa shape index (κ2) is 12.3. The van der Waals surface area contributed by atoms with Crippen LogP contribution < -0.4 is 20.7 Å². The van der Waals surface area contributed by atoms with E-state index < -0.39 is 0 Å². The summed E-state index contributed by atoms with van der Waals surface area (Å²) in [6.45, 7) is 5.00. The Balaban J connectivity index is 1.43. The van der Waals surface area contributed by atoms with E-state index in [4.69, 9.17) is 4.74 Å². The van der Waals surface area contributed by atoms with Gasteiger partial charge >= 0.3 is 0 Å². The van der Waals surface area contributed by atoms with Gasteiger partial charge in [0.15, 0.2) is 0 Å². The Morgan fingerprint density at radius 3 is 2.12 bits per heavy atom. The van der Waals surface area contributed by atoms with Gasteiger partial charge in [-0.1, -0.05) is 50.2 Å². The van der Waals surface area contributed by atoms with Crippen molar-refractivity contribution in [3.8, 4) is 5.75 Å². The molecule has 33 heavy (non-hydrogen) atoms. The molecule has 3 rings (SSSR count). The second-order valence-corrected chi connectivity index (χ2v) is 8.25. The lowest BCUT2D eigenvalue weighted by atomic mass is 10.1. The zero-order valence-electron chi connectivity index (χ0n) is 19.1. The van der Waals surface area contributed by atoms with Crippen LogP contribution in [0.4, 0.5) is 17.1 Å². The second-order valence-electron chi connectivity index (χ2n) is 8.25. The minimum atomic E-state index is -0.178. The minimum absolute atomic E-state index is 0.0650. The Hall–Kier alpha value is -3.80. The number of ether oxygens (including phenoxy) is 1. The summed E-state index contributed by atoms with van der Waals surface area (Å²) in [7, 11) is 0. The van der Waals surface area contributed by atoms with Gasteiger partial charge in [-0.3, -0.25) is 9.59 Å². The van der Waals surface area contributed by atoms with Crippen LogP contribution in [-0.2, 0) is 16.0 Å². The molecule has 0 bridgehead atoms. The molecule has 0 fully saturated rings. The summed E-state index contributed by atoms with van der Waals surface area (Å²) >= 11 is 0. The molecule has 0 unspecified atom stereocenters. The third kappa shape index (κ3) is 8.69. The number of nitrogens with one attached hydrogen (secondary N) is 3. The van der Waals surface area contributed by atoms with Gasteiger partial charge < -0.3 is 20.7 Å². The minimum Gasteiger partial charge on any atom is -0.493 e. The van der Waals surface area contributed by atoms with E-state index in [2.05, 4.69) is 29.8 Å². The van der Waals surface area contributed by atoms with Crippen LogP contribution in [0, 0.1) is 5.92 Å². The summed E-state index contributed by atoms with van der Waals surface area (Å²) in [5, 5.41) is 8.84. The van der Waals surface area contributed by atoms with Crippen molar-refractivity contribution >= 4 is 28.9 Å². The predicted octanol–water partition coefficient (Wildman–Crippen LogP) is 5.34. The van der Waals surface area contributed by atoms with Crippen molar-refractivity contribution in [2.45, 2.75) is 26.7 Å². The number of hydrogen-bond donors (Lipinski definition) is 3. The molecule has 3 N–H and O–H groups in total. The highest BCUT2D eigenvalue weighted by atomic mass is 16.5. The Kier molecular flexibility index (Phi) is 8.88. The van der Waals surface area contributed by atoms with Crippen molar-refractivity contribution in [1.29, 1.82) is 0 Å². The molecule has 0 aromatic heterocycles. The number of anilines is 3. The fourth-order valence-electron chi connectivity index (χ4n) is 3.12. The summed E-state index contributed by atoms with van der Waals surface area (Å²) in [5.74, 6) is 1.03. The molecule has 3 aromatic carbocycles. The van der Waals surface area contributed by atoms with Crippen molar-refractivity contribution in [2.75, 3.05) is 29.1 Å². The fourth-order valence-corrected chi connectivity index (χ4v) is 3.12. The first-order valence-electron chi connectivity index (χ1n) is 11.2. The average Bonchev–Trinajstić information content (AvgIpc) is 2.81. The van der Waals surface area contributed by atoms with Crippen LogP contribution in [0.2, 0.25) is 0 Å². The van der Waals surface area contributed by atoms with E-state index in [1.54, 1.807) is 24.3 Å². The predicted molar refractivity (Wildman–Crippen MR) is 134 cm³/mol. The molecular weight excluding hydrogens is 414 g/mol. The van der Waals surface area contributed by atoms with Gasteiger partial charge in [0.2, 0.25) is 11.8 Å². The Bertz CT molecular complexity index is 1030. The lowest BCUT2D eigenvalue weighted by Gasteiger charge is -2.11. The first-order chi connectivity index (χ1) is 16.0. The van der Waals surface area contributed by atoms with Gasteiger partial charge in [-0.05, 0) is 60.4 Å². The number of rotatable bonds is 11. The largest absolute Gasteiger partial charge is 0.493 e. The maximum atomic E-state index is 12.3. The number of carbonyl (C=O) groups is 2. The summed E-state index contributed by atoms with van der Waals surface area (Å²) < 4.78 is 5.67. The lowest BCUT2D eigenvalue weighted by molar-refractivity contribution is -0.116. The zero-order valence-corrected chi connectivity index (χ0v) is 19.1. The summed E-state index contributed by atoms with van der Waals surface area (Å²) in [6.07, 6.45) is 1.07. The van der Waals surface area contributed by atoms with Gasteiger partial charge in [0.25, 0.3) is 0 Å². The monoisotopic (exact) mass is 445 g/mol. The van der Waals surface area contributed by atoms with Crippen LogP contribution >= 0.6 is 0 Å². The van der Waals surface area contributed by atoms with Crippen molar-refractivity contribution in [1.82, 2.24) is 0 Å². The maximum Gasteiger partial charge on any atom is 0.243 e. The zero-order chi connectivity index (χ0) is 23.5. The smallest absolute Gasteiger partial charge is 0.243 e. The molecule has 6 heteroatoms. The van der Waals surface area contributed by atoms with Gasteiger partial charge in [-0.2, -0.15) is 0 Å². The molecule has 0 radical (unpaired) electrons. The van der Waals surface area contributed by atoms with E-state index in [9.17, 15) is 9.59 Å². The van der Waals surface area contributed by atoms with Crippen LogP contribution in [0.25, 0.3) is 0 Å². The molecule has 0 saturated heterocycles. The molecular formula is C27H31N3O3. The third-order valence-corrected chi connectivity index (χ3v) is 4.80. The Morgan fingerprint density at radius 1 is 0.788 bits per heavy atom. The topological polar surface area (TPSA) is 79.5 Å².